The second kappa shape index (κ2) is 66.3. The third kappa shape index (κ3) is 70.5. The molecule has 0 spiro atoms. The standard InChI is InChI=1S/C77H150O17P2/c1-67(2)53-45-37-29-22-18-14-10-9-11-16-20-24-34-43-51-59-77(82)94-73(64-88-75(80)58-50-42-36-28-32-40-48-56-70(7)8)66-92-96(85,86)90-62-71(78)61-89-95(83,84)91-65-72(63-87-74(79)57-49-41-33-27-26-31-39-47-55-69(5)6)93-76(81)60-52-44-35-25-21-17-13-12-15-19-23-30-38-46-54-68(3)4/h67-73,78H,9-66H2,1-8H3,(H,83,84)(H,85,86)/t71?,72-,73-/m1/s1. The Morgan fingerprint density at radius 3 is 0.646 bits per heavy atom. The molecule has 0 saturated heterocycles. The minimum Gasteiger partial charge on any atom is -0.462 e. The van der Waals surface area contributed by atoms with Crippen molar-refractivity contribution in [3.05, 3.63) is 0 Å². The van der Waals surface area contributed by atoms with Crippen LogP contribution >= 0.6 is 15.6 Å². The molecule has 0 saturated carbocycles. The summed E-state index contributed by atoms with van der Waals surface area (Å²) in [6, 6.07) is 0. The minimum atomic E-state index is -4.96. The molecule has 19 heteroatoms. The fourth-order valence-corrected chi connectivity index (χ4v) is 13.3. The molecule has 0 aliphatic rings. The summed E-state index contributed by atoms with van der Waals surface area (Å²) in [5.41, 5.74) is 0. The Morgan fingerprint density at radius 2 is 0.438 bits per heavy atom. The Kier molecular flexibility index (Phi) is 65.0. The Balaban J connectivity index is 5.22. The molecular weight excluding hydrogens is 1260 g/mol. The van der Waals surface area contributed by atoms with Gasteiger partial charge in [0.05, 0.1) is 26.4 Å². The lowest BCUT2D eigenvalue weighted by atomic mass is 10.0. The Hall–Kier alpha value is -1.94. The van der Waals surface area contributed by atoms with Crippen molar-refractivity contribution in [3.8, 4) is 0 Å². The maximum atomic E-state index is 13.1. The number of carbonyl (C=O) groups excluding carboxylic acids is 4. The molecule has 0 aliphatic heterocycles. The van der Waals surface area contributed by atoms with Gasteiger partial charge in [-0.25, -0.2) is 9.13 Å². The average molecular weight is 1410 g/mol. The van der Waals surface area contributed by atoms with Crippen LogP contribution in [0, 0.1) is 23.7 Å². The van der Waals surface area contributed by atoms with E-state index in [1.807, 2.05) is 0 Å². The van der Waals surface area contributed by atoms with Gasteiger partial charge in [-0.2, -0.15) is 0 Å². The van der Waals surface area contributed by atoms with Gasteiger partial charge in [-0.15, -0.1) is 0 Å². The number of hydrogen-bond donors (Lipinski definition) is 3. The van der Waals surface area contributed by atoms with E-state index in [-0.39, 0.29) is 25.7 Å². The maximum absolute atomic E-state index is 13.1. The number of hydrogen-bond acceptors (Lipinski definition) is 15. The lowest BCUT2D eigenvalue weighted by Crippen LogP contribution is -2.30. The number of rotatable bonds is 74. The predicted molar refractivity (Wildman–Crippen MR) is 391 cm³/mol. The summed E-state index contributed by atoms with van der Waals surface area (Å²) in [6.07, 6.45) is 51.5. The molecule has 3 N–H and O–H groups in total. The van der Waals surface area contributed by atoms with E-state index in [4.69, 9.17) is 37.0 Å². The number of phosphoric ester groups is 2. The normalized spacial score (nSPS) is 14.1. The molecule has 0 bridgehead atoms. The van der Waals surface area contributed by atoms with Gasteiger partial charge >= 0.3 is 39.5 Å². The highest BCUT2D eigenvalue weighted by molar-refractivity contribution is 7.47. The summed E-state index contributed by atoms with van der Waals surface area (Å²) < 4.78 is 68.5. The zero-order valence-electron chi connectivity index (χ0n) is 63.0. The third-order valence-corrected chi connectivity index (χ3v) is 19.7. The van der Waals surface area contributed by atoms with Gasteiger partial charge in [0.1, 0.15) is 19.3 Å². The Morgan fingerprint density at radius 1 is 0.260 bits per heavy atom. The van der Waals surface area contributed by atoms with Crippen molar-refractivity contribution >= 4 is 39.5 Å². The van der Waals surface area contributed by atoms with E-state index in [1.54, 1.807) is 0 Å². The number of carbonyl (C=O) groups is 4. The number of ether oxygens (including phenoxy) is 4. The summed E-state index contributed by atoms with van der Waals surface area (Å²) in [4.78, 5) is 72.8. The second-order valence-electron chi connectivity index (χ2n) is 29.7. The molecular formula is C77H150O17P2. The first-order chi connectivity index (χ1) is 46.1. The molecule has 570 valence electrons. The molecule has 0 aromatic carbocycles. The van der Waals surface area contributed by atoms with E-state index in [2.05, 4.69) is 55.4 Å². The molecule has 3 unspecified atom stereocenters. The van der Waals surface area contributed by atoms with Gasteiger partial charge in [0, 0.05) is 25.7 Å². The topological polar surface area (TPSA) is 237 Å². The smallest absolute Gasteiger partial charge is 0.462 e. The van der Waals surface area contributed by atoms with Crippen molar-refractivity contribution in [2.45, 2.75) is 408 Å². The van der Waals surface area contributed by atoms with Gasteiger partial charge in [0.25, 0.3) is 0 Å². The van der Waals surface area contributed by atoms with Crippen molar-refractivity contribution in [2.75, 3.05) is 39.6 Å². The number of phosphoric acid groups is 2. The molecule has 0 radical (unpaired) electrons. The van der Waals surface area contributed by atoms with E-state index in [0.717, 1.165) is 114 Å². The third-order valence-electron chi connectivity index (χ3n) is 17.8. The van der Waals surface area contributed by atoms with Crippen LogP contribution in [0.25, 0.3) is 0 Å². The van der Waals surface area contributed by atoms with Crippen LogP contribution in [0.15, 0.2) is 0 Å². The first-order valence-electron chi connectivity index (χ1n) is 39.7. The molecule has 0 amide bonds. The summed E-state index contributed by atoms with van der Waals surface area (Å²) in [6.45, 7) is 14.2. The van der Waals surface area contributed by atoms with Crippen LogP contribution < -0.4 is 0 Å². The fourth-order valence-electron chi connectivity index (χ4n) is 11.7. The first-order valence-corrected chi connectivity index (χ1v) is 42.7. The van der Waals surface area contributed by atoms with E-state index in [0.29, 0.717) is 31.6 Å². The molecule has 0 aliphatic carbocycles. The molecule has 0 heterocycles. The second-order valence-corrected chi connectivity index (χ2v) is 32.6. The molecule has 96 heavy (non-hydrogen) atoms. The SMILES string of the molecule is CC(C)CCCCCCCCCCCCCCCCCC(=O)O[C@H](COC(=O)CCCCCCCCCC(C)C)COP(=O)(O)OCC(O)COP(=O)(O)OC[C@@H](COC(=O)CCCCCCCCCCC(C)C)OC(=O)CCCCCCCCCCCCCCCCC(C)C. The van der Waals surface area contributed by atoms with Gasteiger partial charge in [-0.3, -0.25) is 37.3 Å². The van der Waals surface area contributed by atoms with Crippen LogP contribution in [-0.4, -0.2) is 96.7 Å². The Labute approximate surface area is 588 Å². The molecule has 0 fully saturated rings. The lowest BCUT2D eigenvalue weighted by Gasteiger charge is -2.21. The van der Waals surface area contributed by atoms with Crippen LogP contribution in [0.1, 0.15) is 389 Å². The molecule has 17 nitrogen and oxygen atoms in total. The summed E-state index contributed by atoms with van der Waals surface area (Å²) in [5, 5.41) is 10.6. The van der Waals surface area contributed by atoms with Gasteiger partial charge in [0.15, 0.2) is 12.2 Å². The highest BCUT2D eigenvalue weighted by Crippen LogP contribution is 2.45. The number of aliphatic hydroxyl groups is 1. The Bertz CT molecular complexity index is 1880. The zero-order chi connectivity index (χ0) is 71.0. The fraction of sp³-hybridized carbons (Fsp3) is 0.948. The van der Waals surface area contributed by atoms with Crippen LogP contribution in [0.3, 0.4) is 0 Å². The van der Waals surface area contributed by atoms with Crippen molar-refractivity contribution in [2.24, 2.45) is 23.7 Å². The van der Waals surface area contributed by atoms with Gasteiger partial charge in [0.2, 0.25) is 0 Å². The summed E-state index contributed by atoms with van der Waals surface area (Å²) in [7, 11) is -9.91. The highest BCUT2D eigenvalue weighted by atomic mass is 31.2. The monoisotopic (exact) mass is 1410 g/mol. The average Bonchev–Trinajstić information content (AvgIpc) is 1.13. The quantitative estimate of drug-likeness (QED) is 0.0222. The van der Waals surface area contributed by atoms with E-state index in [1.165, 1.54) is 186 Å². The molecule has 5 atom stereocenters. The molecule has 0 aromatic heterocycles. The van der Waals surface area contributed by atoms with Crippen LogP contribution in [0.4, 0.5) is 0 Å². The van der Waals surface area contributed by atoms with E-state index < -0.39 is 97.5 Å². The summed E-state index contributed by atoms with van der Waals surface area (Å²) in [5.74, 6) is 0.908. The zero-order valence-corrected chi connectivity index (χ0v) is 64.8. The predicted octanol–water partition coefficient (Wildman–Crippen LogP) is 22.4. The number of esters is 4. The van der Waals surface area contributed by atoms with Gasteiger partial charge in [-0.1, -0.05) is 338 Å². The van der Waals surface area contributed by atoms with Crippen molar-refractivity contribution in [3.63, 3.8) is 0 Å². The number of unbranched alkanes of at least 4 members (excludes halogenated alkanes) is 40. The maximum Gasteiger partial charge on any atom is 0.472 e. The largest absolute Gasteiger partial charge is 0.472 e. The van der Waals surface area contributed by atoms with Gasteiger partial charge in [-0.05, 0) is 49.4 Å². The van der Waals surface area contributed by atoms with Gasteiger partial charge < -0.3 is 33.8 Å². The van der Waals surface area contributed by atoms with Crippen molar-refractivity contribution in [1.29, 1.82) is 0 Å². The molecule has 0 rings (SSSR count). The van der Waals surface area contributed by atoms with Crippen LogP contribution in [-0.2, 0) is 65.4 Å². The first kappa shape index (κ1) is 94.1. The lowest BCUT2D eigenvalue weighted by molar-refractivity contribution is -0.161. The molecule has 0 aromatic rings. The summed E-state index contributed by atoms with van der Waals surface area (Å²) >= 11 is 0. The number of aliphatic hydroxyl groups excluding tert-OH is 1. The van der Waals surface area contributed by atoms with Crippen LogP contribution in [0.2, 0.25) is 0 Å². The van der Waals surface area contributed by atoms with Crippen molar-refractivity contribution in [1.82, 2.24) is 0 Å². The van der Waals surface area contributed by atoms with Crippen molar-refractivity contribution < 1.29 is 80.2 Å². The highest BCUT2D eigenvalue weighted by Gasteiger charge is 2.30. The van der Waals surface area contributed by atoms with Crippen LogP contribution in [0.5, 0.6) is 0 Å². The minimum absolute atomic E-state index is 0.106. The van der Waals surface area contributed by atoms with E-state index in [9.17, 15) is 43.2 Å². The van der Waals surface area contributed by atoms with E-state index >= 15 is 0 Å².